The number of ether oxygens (including phenoxy) is 4. The molecule has 1 aliphatic carbocycles. The van der Waals surface area contributed by atoms with Crippen molar-refractivity contribution in [1.82, 2.24) is 5.32 Å². The highest BCUT2D eigenvalue weighted by Crippen LogP contribution is 2.40. The number of hydrogen-bond donors (Lipinski definition) is 2. The van der Waals surface area contributed by atoms with Crippen LogP contribution in [0.5, 0.6) is 0 Å². The highest BCUT2D eigenvalue weighted by molar-refractivity contribution is 5.13. The third kappa shape index (κ3) is 4.11. The van der Waals surface area contributed by atoms with Gasteiger partial charge in [-0.05, 0) is 38.7 Å². The van der Waals surface area contributed by atoms with Gasteiger partial charge in [-0.1, -0.05) is 30.3 Å². The van der Waals surface area contributed by atoms with Gasteiger partial charge in [-0.25, -0.2) is 0 Å². The molecule has 2 aliphatic heterocycles. The van der Waals surface area contributed by atoms with E-state index in [0.29, 0.717) is 19.1 Å². The van der Waals surface area contributed by atoms with Crippen molar-refractivity contribution < 1.29 is 24.1 Å². The number of benzene rings is 1. The molecule has 0 radical (unpaired) electrons. The fourth-order valence-electron chi connectivity index (χ4n) is 3.82. The fourth-order valence-corrected chi connectivity index (χ4v) is 3.82. The molecule has 1 aromatic rings. The first-order chi connectivity index (χ1) is 12.6. The van der Waals surface area contributed by atoms with E-state index in [1.165, 1.54) is 12.8 Å². The van der Waals surface area contributed by atoms with Crippen LogP contribution in [0, 0.1) is 0 Å². The molecule has 26 heavy (non-hydrogen) atoms. The third-order valence-electron chi connectivity index (χ3n) is 5.18. The molecule has 3 aliphatic rings. The van der Waals surface area contributed by atoms with Gasteiger partial charge in [0.15, 0.2) is 12.1 Å². The van der Waals surface area contributed by atoms with Crippen molar-refractivity contribution in [3.63, 3.8) is 0 Å². The van der Waals surface area contributed by atoms with Crippen LogP contribution in [-0.4, -0.2) is 54.2 Å². The number of rotatable bonds is 8. The molecular weight excluding hydrogens is 334 g/mol. The Morgan fingerprint density at radius 3 is 2.69 bits per heavy atom. The highest BCUT2D eigenvalue weighted by Gasteiger charge is 2.57. The van der Waals surface area contributed by atoms with Crippen LogP contribution in [0.4, 0.5) is 0 Å². The number of aliphatic hydroxyl groups is 1. The van der Waals surface area contributed by atoms with Crippen molar-refractivity contribution in [3.8, 4) is 0 Å². The van der Waals surface area contributed by atoms with Gasteiger partial charge in [0.25, 0.3) is 0 Å². The lowest BCUT2D eigenvalue weighted by Crippen LogP contribution is -2.49. The quantitative estimate of drug-likeness (QED) is 0.736. The molecule has 2 saturated heterocycles. The zero-order valence-corrected chi connectivity index (χ0v) is 15.5. The summed E-state index contributed by atoms with van der Waals surface area (Å²) >= 11 is 0. The molecule has 1 saturated carbocycles. The van der Waals surface area contributed by atoms with E-state index in [1.807, 2.05) is 44.2 Å². The first-order valence-corrected chi connectivity index (χ1v) is 9.59. The van der Waals surface area contributed by atoms with Crippen molar-refractivity contribution in [2.24, 2.45) is 0 Å². The molecule has 1 aromatic carbocycles. The molecule has 144 valence electrons. The lowest BCUT2D eigenvalue weighted by atomic mass is 10.0. The normalized spacial score (nSPS) is 34.0. The number of hydrogen-bond acceptors (Lipinski definition) is 6. The summed E-state index contributed by atoms with van der Waals surface area (Å²) in [4.78, 5) is 0. The fraction of sp³-hybridized carbons (Fsp3) is 0.700. The summed E-state index contributed by atoms with van der Waals surface area (Å²) in [6, 6.07) is 10.6. The van der Waals surface area contributed by atoms with Gasteiger partial charge in [0, 0.05) is 18.7 Å². The second kappa shape index (κ2) is 7.54. The Morgan fingerprint density at radius 1 is 1.23 bits per heavy atom. The summed E-state index contributed by atoms with van der Waals surface area (Å²) in [7, 11) is 0. The predicted molar refractivity (Wildman–Crippen MR) is 95.4 cm³/mol. The lowest BCUT2D eigenvalue weighted by molar-refractivity contribution is -0.223. The van der Waals surface area contributed by atoms with Gasteiger partial charge in [-0.15, -0.1) is 0 Å². The standard InChI is InChI=1S/C20H29NO5/c1-20(2)25-18-17(23-12-13-6-4-3-5-7-13)16(24-19(18)26-20)15(10-11-22)21-14-8-9-14/h3-7,14-19,21-22H,8-12H2,1-2H3/t15?,16?,17-,18?,19?/m1/s1. The first-order valence-electron chi connectivity index (χ1n) is 9.59. The molecule has 0 amide bonds. The van der Waals surface area contributed by atoms with Crippen molar-refractivity contribution in [2.75, 3.05) is 6.61 Å². The zero-order valence-electron chi connectivity index (χ0n) is 15.5. The molecule has 2 heterocycles. The molecule has 4 unspecified atom stereocenters. The summed E-state index contributed by atoms with van der Waals surface area (Å²) in [6.07, 6.45) is 1.82. The summed E-state index contributed by atoms with van der Waals surface area (Å²) in [5.74, 6) is -0.676. The van der Waals surface area contributed by atoms with E-state index in [4.69, 9.17) is 18.9 Å². The van der Waals surface area contributed by atoms with Crippen LogP contribution in [0.25, 0.3) is 0 Å². The minimum Gasteiger partial charge on any atom is -0.396 e. The van der Waals surface area contributed by atoms with E-state index in [2.05, 4.69) is 5.32 Å². The molecular formula is C20H29NO5. The molecule has 0 bridgehead atoms. The maximum absolute atomic E-state index is 9.51. The average Bonchev–Trinajstić information content (AvgIpc) is 3.30. The van der Waals surface area contributed by atoms with Gasteiger partial charge >= 0.3 is 0 Å². The van der Waals surface area contributed by atoms with Crippen LogP contribution in [0.15, 0.2) is 30.3 Å². The molecule has 6 heteroatoms. The number of aliphatic hydroxyl groups excluding tert-OH is 1. The summed E-state index contributed by atoms with van der Waals surface area (Å²) < 4.78 is 24.5. The molecule has 6 nitrogen and oxygen atoms in total. The number of nitrogens with one attached hydrogen (secondary N) is 1. The SMILES string of the molecule is CC1(C)OC2OC(C(CCO)NC3CC3)[C@@H](OCc3ccccc3)C2O1. The monoisotopic (exact) mass is 363 g/mol. The van der Waals surface area contributed by atoms with Gasteiger partial charge < -0.3 is 29.4 Å². The summed E-state index contributed by atoms with van der Waals surface area (Å²) in [6.45, 7) is 4.39. The van der Waals surface area contributed by atoms with Crippen molar-refractivity contribution in [3.05, 3.63) is 35.9 Å². The smallest absolute Gasteiger partial charge is 0.190 e. The minimum absolute atomic E-state index is 0.0224. The predicted octanol–water partition coefficient (Wildman–Crippen LogP) is 1.95. The molecule has 4 rings (SSSR count). The van der Waals surface area contributed by atoms with E-state index < -0.39 is 12.1 Å². The van der Waals surface area contributed by atoms with Crippen LogP contribution in [0.2, 0.25) is 0 Å². The molecule has 2 N–H and O–H groups in total. The molecule has 3 fully saturated rings. The molecule has 5 atom stereocenters. The molecule has 0 spiro atoms. The van der Waals surface area contributed by atoms with E-state index in [9.17, 15) is 5.11 Å². The zero-order chi connectivity index (χ0) is 18.1. The van der Waals surface area contributed by atoms with Crippen molar-refractivity contribution in [1.29, 1.82) is 0 Å². The average molecular weight is 363 g/mol. The van der Waals surface area contributed by atoms with Gasteiger partial charge in [0.1, 0.15) is 18.3 Å². The maximum atomic E-state index is 9.51. The summed E-state index contributed by atoms with van der Waals surface area (Å²) in [5.41, 5.74) is 1.11. The van der Waals surface area contributed by atoms with Crippen molar-refractivity contribution >= 4 is 0 Å². The van der Waals surface area contributed by atoms with E-state index in [1.54, 1.807) is 0 Å². The van der Waals surface area contributed by atoms with Crippen LogP contribution in [0.1, 0.15) is 38.7 Å². The van der Waals surface area contributed by atoms with Crippen LogP contribution < -0.4 is 5.32 Å². The third-order valence-corrected chi connectivity index (χ3v) is 5.18. The Morgan fingerprint density at radius 2 is 2.00 bits per heavy atom. The van der Waals surface area contributed by atoms with Crippen LogP contribution in [0.3, 0.4) is 0 Å². The van der Waals surface area contributed by atoms with Crippen LogP contribution in [-0.2, 0) is 25.6 Å². The Bertz CT molecular complexity index is 591. The van der Waals surface area contributed by atoms with Gasteiger partial charge in [0.2, 0.25) is 0 Å². The molecule has 0 aromatic heterocycles. The first kappa shape index (κ1) is 18.3. The van der Waals surface area contributed by atoms with Gasteiger partial charge in [-0.3, -0.25) is 0 Å². The van der Waals surface area contributed by atoms with Crippen LogP contribution >= 0.6 is 0 Å². The Kier molecular flexibility index (Phi) is 5.32. The second-order valence-corrected chi connectivity index (χ2v) is 7.89. The minimum atomic E-state index is -0.676. The lowest BCUT2D eigenvalue weighted by Gasteiger charge is -2.31. The largest absolute Gasteiger partial charge is 0.396 e. The highest BCUT2D eigenvalue weighted by atomic mass is 16.8. The van der Waals surface area contributed by atoms with E-state index in [-0.39, 0.29) is 31.0 Å². The van der Waals surface area contributed by atoms with E-state index in [0.717, 1.165) is 5.56 Å². The van der Waals surface area contributed by atoms with Gasteiger partial charge in [-0.2, -0.15) is 0 Å². The van der Waals surface area contributed by atoms with Crippen molar-refractivity contribution in [2.45, 2.75) is 82.2 Å². The second-order valence-electron chi connectivity index (χ2n) is 7.89. The number of fused-ring (bicyclic) bond motifs is 1. The van der Waals surface area contributed by atoms with Gasteiger partial charge in [0.05, 0.1) is 6.61 Å². The maximum Gasteiger partial charge on any atom is 0.190 e. The van der Waals surface area contributed by atoms with E-state index >= 15 is 0 Å². The Labute approximate surface area is 154 Å². The Balaban J connectivity index is 1.49. The topological polar surface area (TPSA) is 69.2 Å². The Hall–Kier alpha value is -1.02. The summed E-state index contributed by atoms with van der Waals surface area (Å²) in [5, 5.41) is 13.1.